The fourth-order valence-electron chi connectivity index (χ4n) is 3.13. The van der Waals surface area contributed by atoms with E-state index >= 15 is 0 Å². The van der Waals surface area contributed by atoms with Crippen LogP contribution in [0, 0.1) is 0 Å². The highest BCUT2D eigenvalue weighted by molar-refractivity contribution is 5.89. The molecule has 0 bridgehead atoms. The van der Waals surface area contributed by atoms with Gasteiger partial charge < -0.3 is 14.2 Å². The van der Waals surface area contributed by atoms with Crippen LogP contribution in [0.25, 0.3) is 22.3 Å². The largest absolute Gasteiger partial charge is 0.462 e. The van der Waals surface area contributed by atoms with E-state index in [-0.39, 0.29) is 22.5 Å². The number of hydrogen-bond donors (Lipinski definition) is 0. The normalized spacial score (nSPS) is 11.2. The van der Waals surface area contributed by atoms with Crippen LogP contribution >= 0.6 is 0 Å². The zero-order chi connectivity index (χ0) is 27.2. The van der Waals surface area contributed by atoms with Gasteiger partial charge in [0.05, 0.1) is 5.56 Å². The Morgan fingerprint density at radius 3 is 1.78 bits per heavy atom. The monoisotopic (exact) mass is 508 g/mol. The van der Waals surface area contributed by atoms with E-state index in [0.717, 1.165) is 29.7 Å². The van der Waals surface area contributed by atoms with Crippen molar-refractivity contribution < 1.29 is 37.0 Å². The topological polar surface area (TPSA) is 61.8 Å². The lowest BCUT2D eigenvalue weighted by Gasteiger charge is -2.15. The number of rotatable bonds is 8. The first kappa shape index (κ1) is 27.0. The van der Waals surface area contributed by atoms with Crippen molar-refractivity contribution >= 4 is 11.9 Å². The van der Waals surface area contributed by atoms with Gasteiger partial charge in [0.25, 0.3) is 0 Å². The van der Waals surface area contributed by atoms with Gasteiger partial charge in [-0.1, -0.05) is 55.6 Å². The zero-order valence-corrected chi connectivity index (χ0v) is 20.1. The molecule has 3 aromatic rings. The van der Waals surface area contributed by atoms with Crippen molar-refractivity contribution in [1.82, 2.24) is 0 Å². The summed E-state index contributed by atoms with van der Waals surface area (Å²) in [6.45, 7) is 9.95. The standard InChI is InChI=1S/C29H23F3O5/c1-18(2)27(33)36-16-15-35-24-13-14-25(26(17-24)29(30,31)32)22-7-5-20(6-8-22)21-9-11-23(12-10-21)37-28(34)19(3)4/h5-17H,1,3H2,2,4H3/b16-15-. The minimum Gasteiger partial charge on any atom is -0.462 e. The van der Waals surface area contributed by atoms with E-state index in [1.807, 2.05) is 0 Å². The van der Waals surface area contributed by atoms with Crippen molar-refractivity contribution in [1.29, 1.82) is 0 Å². The summed E-state index contributed by atoms with van der Waals surface area (Å²) < 4.78 is 56.5. The molecule has 0 aliphatic heterocycles. The highest BCUT2D eigenvalue weighted by Gasteiger charge is 2.34. The third kappa shape index (κ3) is 7.20. The van der Waals surface area contributed by atoms with Crippen LogP contribution in [0.2, 0.25) is 0 Å². The molecular weight excluding hydrogens is 485 g/mol. The molecule has 8 heteroatoms. The van der Waals surface area contributed by atoms with Crippen LogP contribution < -0.4 is 9.47 Å². The van der Waals surface area contributed by atoms with Crippen LogP contribution in [0.4, 0.5) is 13.2 Å². The molecule has 5 nitrogen and oxygen atoms in total. The molecule has 0 amide bonds. The molecule has 0 saturated heterocycles. The molecule has 0 saturated carbocycles. The Hall–Kier alpha value is -4.59. The fourth-order valence-corrected chi connectivity index (χ4v) is 3.13. The van der Waals surface area contributed by atoms with E-state index in [0.29, 0.717) is 11.3 Å². The van der Waals surface area contributed by atoms with Crippen LogP contribution in [0.5, 0.6) is 11.5 Å². The van der Waals surface area contributed by atoms with E-state index in [4.69, 9.17) is 14.2 Å². The highest BCUT2D eigenvalue weighted by Crippen LogP contribution is 2.39. The average Bonchev–Trinajstić information content (AvgIpc) is 2.86. The van der Waals surface area contributed by atoms with Gasteiger partial charge in [0.15, 0.2) is 0 Å². The number of halogens is 3. The second-order valence-corrected chi connectivity index (χ2v) is 8.05. The van der Waals surface area contributed by atoms with Gasteiger partial charge in [0.1, 0.15) is 24.0 Å². The first-order chi connectivity index (χ1) is 17.5. The number of esters is 2. The van der Waals surface area contributed by atoms with Gasteiger partial charge in [0, 0.05) is 11.1 Å². The molecule has 0 heterocycles. The summed E-state index contributed by atoms with van der Waals surface area (Å²) in [6, 6.07) is 16.9. The first-order valence-corrected chi connectivity index (χ1v) is 10.9. The highest BCUT2D eigenvalue weighted by atomic mass is 19.4. The number of alkyl halides is 3. The fraction of sp³-hybridized carbons (Fsp3) is 0.103. The lowest BCUT2D eigenvalue weighted by Crippen LogP contribution is -2.07. The number of carbonyl (C=O) groups excluding carboxylic acids is 2. The summed E-state index contributed by atoms with van der Waals surface area (Å²) in [5.41, 5.74) is 1.46. The molecule has 3 rings (SSSR count). The Bertz CT molecular complexity index is 1350. The number of carbonyl (C=O) groups is 2. The maximum atomic E-state index is 13.8. The van der Waals surface area contributed by atoms with Crippen LogP contribution in [0.1, 0.15) is 19.4 Å². The molecule has 0 aliphatic carbocycles. The van der Waals surface area contributed by atoms with Crippen LogP contribution in [0.3, 0.4) is 0 Å². The molecule has 0 aliphatic rings. The van der Waals surface area contributed by atoms with Gasteiger partial charge in [0.2, 0.25) is 0 Å². The Balaban J connectivity index is 1.80. The molecule has 37 heavy (non-hydrogen) atoms. The maximum absolute atomic E-state index is 13.8. The van der Waals surface area contributed by atoms with Gasteiger partial charge in [-0.05, 0) is 60.4 Å². The Labute approximate surface area is 212 Å². The van der Waals surface area contributed by atoms with Gasteiger partial charge in [-0.3, -0.25) is 0 Å². The van der Waals surface area contributed by atoms with Crippen molar-refractivity contribution in [3.05, 3.63) is 109 Å². The van der Waals surface area contributed by atoms with Gasteiger partial charge in [-0.25, -0.2) is 9.59 Å². The van der Waals surface area contributed by atoms with Crippen molar-refractivity contribution in [2.75, 3.05) is 0 Å². The van der Waals surface area contributed by atoms with E-state index in [1.165, 1.54) is 19.1 Å². The smallest absolute Gasteiger partial charge is 0.417 e. The summed E-state index contributed by atoms with van der Waals surface area (Å²) in [5.74, 6) is -0.940. The number of hydrogen-bond acceptors (Lipinski definition) is 5. The molecule has 0 N–H and O–H groups in total. The lowest BCUT2D eigenvalue weighted by molar-refractivity contribution is -0.137. The van der Waals surface area contributed by atoms with Crippen LogP contribution in [-0.4, -0.2) is 11.9 Å². The third-order valence-corrected chi connectivity index (χ3v) is 5.02. The van der Waals surface area contributed by atoms with Crippen molar-refractivity contribution in [2.24, 2.45) is 0 Å². The van der Waals surface area contributed by atoms with E-state index in [2.05, 4.69) is 13.2 Å². The Morgan fingerprint density at radius 1 is 0.730 bits per heavy atom. The van der Waals surface area contributed by atoms with Gasteiger partial charge in [-0.2, -0.15) is 13.2 Å². The average molecular weight is 508 g/mol. The van der Waals surface area contributed by atoms with Crippen molar-refractivity contribution in [2.45, 2.75) is 20.0 Å². The summed E-state index contributed by atoms with van der Waals surface area (Å²) in [6.07, 6.45) is -2.75. The Kier molecular flexibility index (Phi) is 8.34. The molecule has 0 aromatic heterocycles. The maximum Gasteiger partial charge on any atom is 0.417 e. The van der Waals surface area contributed by atoms with Gasteiger partial charge >= 0.3 is 18.1 Å². The quantitative estimate of drug-likeness (QED) is 0.137. The third-order valence-electron chi connectivity index (χ3n) is 5.02. The predicted octanol–water partition coefficient (Wildman–Crippen LogP) is 7.49. The SMILES string of the molecule is C=C(C)C(=O)O/C=C\Oc1ccc(-c2ccc(-c3ccc(OC(=O)C(=C)C)cc3)cc2)c(C(F)(F)F)c1. The molecule has 3 aromatic carbocycles. The summed E-state index contributed by atoms with van der Waals surface area (Å²) in [4.78, 5) is 23.0. The Morgan fingerprint density at radius 2 is 1.24 bits per heavy atom. The first-order valence-electron chi connectivity index (χ1n) is 10.9. The second-order valence-electron chi connectivity index (χ2n) is 8.05. The molecule has 0 radical (unpaired) electrons. The summed E-state index contributed by atoms with van der Waals surface area (Å²) in [7, 11) is 0. The molecule has 0 atom stereocenters. The zero-order valence-electron chi connectivity index (χ0n) is 20.1. The van der Waals surface area contributed by atoms with E-state index < -0.39 is 23.7 Å². The second kappa shape index (κ2) is 11.4. The van der Waals surface area contributed by atoms with Crippen LogP contribution in [-0.2, 0) is 20.5 Å². The van der Waals surface area contributed by atoms with Gasteiger partial charge in [-0.15, -0.1) is 0 Å². The molecule has 190 valence electrons. The lowest BCUT2D eigenvalue weighted by atomic mass is 9.96. The molecule has 0 fully saturated rings. The van der Waals surface area contributed by atoms with Crippen molar-refractivity contribution in [3.8, 4) is 33.8 Å². The predicted molar refractivity (Wildman–Crippen MR) is 133 cm³/mol. The minimum atomic E-state index is -4.64. The number of ether oxygens (including phenoxy) is 3. The number of benzene rings is 3. The summed E-state index contributed by atoms with van der Waals surface area (Å²) in [5, 5.41) is 0. The van der Waals surface area contributed by atoms with E-state index in [9.17, 15) is 22.8 Å². The summed E-state index contributed by atoms with van der Waals surface area (Å²) >= 11 is 0. The molecule has 0 spiro atoms. The minimum absolute atomic E-state index is 0.0221. The van der Waals surface area contributed by atoms with Crippen molar-refractivity contribution in [3.63, 3.8) is 0 Å². The van der Waals surface area contributed by atoms with E-state index in [1.54, 1.807) is 55.5 Å². The van der Waals surface area contributed by atoms with Crippen LogP contribution in [0.15, 0.2) is 104 Å². The molecule has 0 unspecified atom stereocenters. The molecular formula is C29H23F3O5.